The first-order valence-corrected chi connectivity index (χ1v) is 9.86. The molecule has 2 aromatic carbocycles. The van der Waals surface area contributed by atoms with Crippen LogP contribution in [-0.4, -0.2) is 52.3 Å². The molecule has 0 radical (unpaired) electrons. The van der Waals surface area contributed by atoms with E-state index in [1.807, 2.05) is 43.3 Å². The molecule has 132 valence electrons. The topological polar surface area (TPSA) is 40.6 Å². The number of thiol groups is 1. The van der Waals surface area contributed by atoms with E-state index in [1.165, 1.54) is 4.31 Å². The van der Waals surface area contributed by atoms with E-state index in [9.17, 15) is 12.8 Å². The van der Waals surface area contributed by atoms with E-state index in [-0.39, 0.29) is 24.4 Å². The maximum atomic E-state index is 13.1. The van der Waals surface area contributed by atoms with E-state index >= 15 is 0 Å². The summed E-state index contributed by atoms with van der Waals surface area (Å²) in [6, 6.07) is 10.9. The van der Waals surface area contributed by atoms with E-state index in [2.05, 4.69) is 12.6 Å². The predicted octanol–water partition coefficient (Wildman–Crippen LogP) is 3.19. The van der Waals surface area contributed by atoms with Crippen molar-refractivity contribution in [2.45, 2.75) is 11.3 Å². The number of halogens is 1. The van der Waals surface area contributed by atoms with Gasteiger partial charge < -0.3 is 4.90 Å². The maximum Gasteiger partial charge on any atom is 0.243 e. The highest BCUT2D eigenvalue weighted by Crippen LogP contribution is 2.31. The normalized spacial score (nSPS) is 12.0. The van der Waals surface area contributed by atoms with Crippen LogP contribution in [0.2, 0.25) is 0 Å². The summed E-state index contributed by atoms with van der Waals surface area (Å²) in [5.41, 5.74) is 0.953. The molecular weight excluding hydrogens is 347 g/mol. The lowest BCUT2D eigenvalue weighted by atomic mass is 10.1. The van der Waals surface area contributed by atoms with E-state index < -0.39 is 16.7 Å². The van der Waals surface area contributed by atoms with Crippen LogP contribution in [0, 0.1) is 0 Å². The first kappa shape index (κ1) is 19.0. The Balaban J connectivity index is 2.59. The Labute approximate surface area is 148 Å². The molecule has 2 aromatic rings. The van der Waals surface area contributed by atoms with Gasteiger partial charge in [0, 0.05) is 49.4 Å². The molecule has 0 fully saturated rings. The Morgan fingerprint density at radius 3 is 2.33 bits per heavy atom. The molecule has 0 heterocycles. The summed E-state index contributed by atoms with van der Waals surface area (Å²) in [5, 5.41) is 1.55. The number of sulfonamides is 1. The first-order valence-electron chi connectivity index (χ1n) is 7.79. The van der Waals surface area contributed by atoms with E-state index in [0.29, 0.717) is 11.1 Å². The van der Waals surface area contributed by atoms with Crippen molar-refractivity contribution >= 4 is 39.1 Å². The van der Waals surface area contributed by atoms with Crippen molar-refractivity contribution in [1.82, 2.24) is 4.31 Å². The second-order valence-corrected chi connectivity index (χ2v) is 8.05. The highest BCUT2D eigenvalue weighted by Gasteiger charge is 2.25. The summed E-state index contributed by atoms with van der Waals surface area (Å²) >= 11 is 4.14. The summed E-state index contributed by atoms with van der Waals surface area (Å²) < 4.78 is 40.0. The number of alkyl halides is 1. The van der Waals surface area contributed by atoms with Gasteiger partial charge in [-0.3, -0.25) is 4.39 Å². The van der Waals surface area contributed by atoms with Crippen LogP contribution in [0.5, 0.6) is 0 Å². The van der Waals surface area contributed by atoms with Crippen LogP contribution < -0.4 is 4.90 Å². The summed E-state index contributed by atoms with van der Waals surface area (Å²) in [4.78, 5) is 2.21. The molecule has 0 amide bonds. The van der Waals surface area contributed by atoms with Crippen LogP contribution in [0.25, 0.3) is 10.8 Å². The van der Waals surface area contributed by atoms with Crippen LogP contribution in [0.1, 0.15) is 6.42 Å². The van der Waals surface area contributed by atoms with Crippen LogP contribution in [0.4, 0.5) is 10.1 Å². The molecule has 0 aromatic heterocycles. The van der Waals surface area contributed by atoms with Gasteiger partial charge >= 0.3 is 0 Å². The molecule has 2 rings (SSSR count). The molecule has 0 atom stereocenters. The standard InChI is InChI=1S/C17H23FN2O2S2/c1-19(2)16-8-3-7-15-14(16)6-4-9-17(15)24(21,22)20(12-13-23)11-5-10-18/h3-4,6-9,23H,5,10-13H2,1-2H3. The fourth-order valence-corrected chi connectivity index (χ4v) is 4.78. The number of fused-ring (bicyclic) bond motifs is 1. The largest absolute Gasteiger partial charge is 0.377 e. The van der Waals surface area contributed by atoms with Crippen molar-refractivity contribution in [3.63, 3.8) is 0 Å². The van der Waals surface area contributed by atoms with E-state index in [0.717, 1.165) is 11.1 Å². The molecule has 24 heavy (non-hydrogen) atoms. The zero-order valence-electron chi connectivity index (χ0n) is 13.9. The molecule has 7 heteroatoms. The Kier molecular flexibility index (Phi) is 6.48. The third-order valence-electron chi connectivity index (χ3n) is 3.85. The Morgan fingerprint density at radius 2 is 1.71 bits per heavy atom. The Bertz CT molecular complexity index is 794. The highest BCUT2D eigenvalue weighted by atomic mass is 32.2. The molecule has 0 spiro atoms. The molecule has 0 bridgehead atoms. The van der Waals surface area contributed by atoms with Crippen molar-refractivity contribution in [2.24, 2.45) is 0 Å². The van der Waals surface area contributed by atoms with Crippen LogP contribution in [0.3, 0.4) is 0 Å². The van der Waals surface area contributed by atoms with Gasteiger partial charge in [-0.15, -0.1) is 0 Å². The molecular formula is C17H23FN2O2S2. The van der Waals surface area contributed by atoms with Gasteiger partial charge in [0.2, 0.25) is 10.0 Å². The number of hydrogen-bond acceptors (Lipinski definition) is 4. The number of anilines is 1. The van der Waals surface area contributed by atoms with Crippen molar-refractivity contribution in [3.8, 4) is 0 Å². The molecule has 0 saturated carbocycles. The molecule has 4 nitrogen and oxygen atoms in total. The third kappa shape index (κ3) is 3.84. The quantitative estimate of drug-likeness (QED) is 0.726. The summed E-state index contributed by atoms with van der Waals surface area (Å²) in [6.07, 6.45) is 0.181. The Hall–Kier alpha value is -1.31. The van der Waals surface area contributed by atoms with Crippen LogP contribution in [0.15, 0.2) is 41.3 Å². The van der Waals surface area contributed by atoms with E-state index in [1.54, 1.807) is 12.1 Å². The molecule has 0 unspecified atom stereocenters. The maximum absolute atomic E-state index is 13.1. The minimum absolute atomic E-state index is 0.156. The lowest BCUT2D eigenvalue weighted by Crippen LogP contribution is -2.34. The lowest BCUT2D eigenvalue weighted by Gasteiger charge is -2.23. The molecule has 0 saturated heterocycles. The predicted molar refractivity (Wildman–Crippen MR) is 101 cm³/mol. The van der Waals surface area contributed by atoms with Gasteiger partial charge in [0.1, 0.15) is 0 Å². The minimum Gasteiger partial charge on any atom is -0.377 e. The zero-order chi connectivity index (χ0) is 17.7. The van der Waals surface area contributed by atoms with Gasteiger partial charge in [-0.1, -0.05) is 24.3 Å². The number of hydrogen-bond donors (Lipinski definition) is 1. The van der Waals surface area contributed by atoms with Crippen molar-refractivity contribution < 1.29 is 12.8 Å². The fourth-order valence-electron chi connectivity index (χ4n) is 2.72. The number of rotatable bonds is 8. The lowest BCUT2D eigenvalue weighted by molar-refractivity contribution is 0.384. The van der Waals surface area contributed by atoms with Gasteiger partial charge in [-0.2, -0.15) is 16.9 Å². The smallest absolute Gasteiger partial charge is 0.243 e. The van der Waals surface area contributed by atoms with Crippen molar-refractivity contribution in [1.29, 1.82) is 0 Å². The minimum atomic E-state index is -3.71. The SMILES string of the molecule is CN(C)c1cccc2c(S(=O)(=O)N(CCS)CCCF)cccc12. The van der Waals surface area contributed by atoms with Crippen molar-refractivity contribution in [2.75, 3.05) is 44.5 Å². The number of nitrogens with zero attached hydrogens (tertiary/aromatic N) is 2. The number of benzene rings is 2. The van der Waals surface area contributed by atoms with Gasteiger partial charge in [0.15, 0.2) is 0 Å². The van der Waals surface area contributed by atoms with Gasteiger partial charge in [-0.05, 0) is 18.6 Å². The fraction of sp³-hybridized carbons (Fsp3) is 0.412. The van der Waals surface area contributed by atoms with Gasteiger partial charge in [-0.25, -0.2) is 8.42 Å². The molecule has 0 N–H and O–H groups in total. The van der Waals surface area contributed by atoms with Crippen molar-refractivity contribution in [3.05, 3.63) is 36.4 Å². The average Bonchev–Trinajstić information content (AvgIpc) is 2.57. The first-order chi connectivity index (χ1) is 11.4. The van der Waals surface area contributed by atoms with Crippen LogP contribution in [-0.2, 0) is 10.0 Å². The van der Waals surface area contributed by atoms with Gasteiger partial charge in [0.25, 0.3) is 0 Å². The monoisotopic (exact) mass is 370 g/mol. The second-order valence-electron chi connectivity index (χ2n) is 5.69. The van der Waals surface area contributed by atoms with Crippen LogP contribution >= 0.6 is 12.6 Å². The average molecular weight is 371 g/mol. The van der Waals surface area contributed by atoms with Gasteiger partial charge in [0.05, 0.1) is 11.6 Å². The summed E-state index contributed by atoms with van der Waals surface area (Å²) in [6.45, 7) is -0.128. The third-order valence-corrected chi connectivity index (χ3v) is 6.01. The molecule has 0 aliphatic carbocycles. The summed E-state index contributed by atoms with van der Waals surface area (Å²) in [5.74, 6) is 0.388. The molecule has 0 aliphatic heterocycles. The van der Waals surface area contributed by atoms with E-state index in [4.69, 9.17) is 0 Å². The second kappa shape index (κ2) is 8.18. The summed E-state index contributed by atoms with van der Waals surface area (Å²) in [7, 11) is 0.137. The zero-order valence-corrected chi connectivity index (χ0v) is 15.7. The molecule has 0 aliphatic rings. The Morgan fingerprint density at radius 1 is 1.04 bits per heavy atom. The highest BCUT2D eigenvalue weighted by molar-refractivity contribution is 7.89.